The van der Waals surface area contributed by atoms with Gasteiger partial charge in [-0.05, 0) is 5.56 Å². The molecule has 0 amide bonds. The van der Waals surface area contributed by atoms with E-state index in [2.05, 4.69) is 60.2 Å². The fourth-order valence-corrected chi connectivity index (χ4v) is 2.31. The smallest absolute Gasteiger partial charge is 0.171 e. The second kappa shape index (κ2) is 7.06. The molecule has 3 aromatic rings. The zero-order chi connectivity index (χ0) is 13.9. The summed E-state index contributed by atoms with van der Waals surface area (Å²) in [5.41, 5.74) is 5.60. The molecule has 2 nitrogen and oxygen atoms in total. The van der Waals surface area contributed by atoms with Crippen LogP contribution in [0.25, 0.3) is 22.4 Å². The second-order valence-electron chi connectivity index (χ2n) is 4.80. The first-order valence-electron chi connectivity index (χ1n) is 6.56. The summed E-state index contributed by atoms with van der Waals surface area (Å²) in [7, 11) is 2.05. The Morgan fingerprint density at radius 3 is 2.62 bits per heavy atom. The Bertz CT molecular complexity index is 739. The van der Waals surface area contributed by atoms with Gasteiger partial charge in [-0.1, -0.05) is 25.4 Å². The average molecular weight is 348 g/mol. The summed E-state index contributed by atoms with van der Waals surface area (Å²) >= 11 is 0. The van der Waals surface area contributed by atoms with Crippen LogP contribution in [0.4, 0.5) is 0 Å². The van der Waals surface area contributed by atoms with E-state index in [4.69, 9.17) is 0 Å². The molecule has 2 aromatic heterocycles. The Balaban J connectivity index is 0.00000161. The largest absolute Gasteiger partial charge is 0.371 e. The monoisotopic (exact) mass is 348 g/mol. The summed E-state index contributed by atoms with van der Waals surface area (Å²) in [5, 5.41) is 0. The number of aryl methyl sites for hydroxylation is 2. The number of aromatic nitrogens is 2. The van der Waals surface area contributed by atoms with Gasteiger partial charge in [-0.25, -0.2) is 15.7 Å². The van der Waals surface area contributed by atoms with Gasteiger partial charge < -0.3 is 4.98 Å². The van der Waals surface area contributed by atoms with Crippen LogP contribution >= 0.6 is 0 Å². The van der Waals surface area contributed by atoms with Crippen molar-refractivity contribution < 1.29 is 37.3 Å². The predicted octanol–water partition coefficient (Wildman–Crippen LogP) is 3.15. The first-order valence-corrected chi connectivity index (χ1v) is 6.56. The summed E-state index contributed by atoms with van der Waals surface area (Å²) in [6, 6.07) is 17.6. The molecule has 0 unspecified atom stereocenters. The van der Waals surface area contributed by atoms with Gasteiger partial charge in [0.2, 0.25) is 0 Å². The molecule has 0 spiro atoms. The van der Waals surface area contributed by atoms with Gasteiger partial charge in [-0.2, -0.15) is 18.2 Å². The van der Waals surface area contributed by atoms with E-state index < -0.39 is 0 Å². The summed E-state index contributed by atoms with van der Waals surface area (Å²) in [6.45, 7) is 2.12. The summed E-state index contributed by atoms with van der Waals surface area (Å²) in [4.78, 5) is 4.04. The number of hydrogen-bond acceptors (Lipinski definition) is 1. The van der Waals surface area contributed by atoms with E-state index >= 15 is 0 Å². The predicted molar refractivity (Wildman–Crippen MR) is 78.7 cm³/mol. The van der Waals surface area contributed by atoms with Crippen molar-refractivity contribution in [2.24, 2.45) is 7.05 Å². The summed E-state index contributed by atoms with van der Waals surface area (Å²) in [5.74, 6) is 0. The van der Waals surface area contributed by atoms with E-state index in [0.717, 1.165) is 11.1 Å². The third kappa shape index (κ3) is 3.45. The molecule has 0 saturated carbocycles. The molecule has 0 fully saturated rings. The van der Waals surface area contributed by atoms with Gasteiger partial charge in [0.25, 0.3) is 0 Å². The van der Waals surface area contributed by atoms with Crippen LogP contribution in [0, 0.1) is 19.2 Å². The molecule has 0 atom stereocenters. The SMILES string of the molecule is Cc1cc(-c2[c-]nccc2)[c-]cc1-c1cccc[n+]1C.[Y]. The maximum Gasteiger partial charge on any atom is 0.171 e. The first kappa shape index (κ1) is 16.0. The average Bonchev–Trinajstić information content (AvgIpc) is 2.49. The van der Waals surface area contributed by atoms with Crippen LogP contribution in [0.1, 0.15) is 5.56 Å². The van der Waals surface area contributed by atoms with Crippen LogP contribution in [-0.2, 0) is 39.8 Å². The number of pyridine rings is 2. The van der Waals surface area contributed by atoms with Gasteiger partial charge in [0, 0.05) is 44.8 Å². The Morgan fingerprint density at radius 1 is 1.10 bits per heavy atom. The maximum atomic E-state index is 4.04. The minimum Gasteiger partial charge on any atom is -0.371 e. The summed E-state index contributed by atoms with van der Waals surface area (Å²) in [6.07, 6.45) is 6.78. The fourth-order valence-electron chi connectivity index (χ4n) is 2.31. The molecule has 1 radical (unpaired) electrons. The van der Waals surface area contributed by atoms with E-state index in [9.17, 15) is 0 Å². The van der Waals surface area contributed by atoms with Gasteiger partial charge in [0.05, 0.1) is 0 Å². The molecule has 0 N–H and O–H groups in total. The van der Waals surface area contributed by atoms with Crippen LogP contribution in [-0.4, -0.2) is 4.98 Å². The van der Waals surface area contributed by atoms with E-state index in [1.807, 2.05) is 24.3 Å². The number of hydrogen-bond donors (Lipinski definition) is 0. The van der Waals surface area contributed by atoms with Crippen molar-refractivity contribution in [1.29, 1.82) is 0 Å². The molecule has 3 rings (SSSR count). The van der Waals surface area contributed by atoms with Crippen LogP contribution in [0.15, 0.2) is 54.9 Å². The summed E-state index contributed by atoms with van der Waals surface area (Å²) < 4.78 is 2.12. The number of benzene rings is 1. The Hall–Kier alpha value is -1.38. The van der Waals surface area contributed by atoms with Crippen LogP contribution in [0.5, 0.6) is 0 Å². The Labute approximate surface area is 150 Å². The molecule has 21 heavy (non-hydrogen) atoms. The van der Waals surface area contributed by atoms with Crippen LogP contribution in [0.2, 0.25) is 0 Å². The van der Waals surface area contributed by atoms with Crippen LogP contribution in [0.3, 0.4) is 0 Å². The molecule has 3 heteroatoms. The minimum absolute atomic E-state index is 0. The molecular weight excluding hydrogens is 333 g/mol. The number of rotatable bonds is 2. The molecule has 0 aliphatic carbocycles. The molecular formula is C18H15N2Y-. The zero-order valence-corrected chi connectivity index (χ0v) is 15.0. The van der Waals surface area contributed by atoms with E-state index in [-0.39, 0.29) is 32.7 Å². The van der Waals surface area contributed by atoms with Crippen molar-refractivity contribution in [2.75, 3.05) is 0 Å². The minimum atomic E-state index is 0. The van der Waals surface area contributed by atoms with E-state index in [1.165, 1.54) is 16.8 Å². The molecule has 1 aromatic carbocycles. The molecule has 101 valence electrons. The Kier molecular flexibility index (Phi) is 5.38. The van der Waals surface area contributed by atoms with Gasteiger partial charge >= 0.3 is 0 Å². The fraction of sp³-hybridized carbons (Fsp3) is 0.111. The van der Waals surface area contributed by atoms with Gasteiger partial charge in [0.1, 0.15) is 7.05 Å². The molecule has 0 aliphatic rings. The third-order valence-corrected chi connectivity index (χ3v) is 3.39. The van der Waals surface area contributed by atoms with Crippen molar-refractivity contribution in [2.45, 2.75) is 6.92 Å². The van der Waals surface area contributed by atoms with Crippen molar-refractivity contribution in [3.8, 4) is 22.4 Å². The van der Waals surface area contributed by atoms with Crippen molar-refractivity contribution >= 4 is 0 Å². The van der Waals surface area contributed by atoms with Gasteiger partial charge in [-0.3, -0.25) is 0 Å². The van der Waals surface area contributed by atoms with Crippen molar-refractivity contribution in [3.05, 3.63) is 72.7 Å². The molecule has 0 bridgehead atoms. The molecule has 0 aliphatic heterocycles. The molecule has 2 heterocycles. The number of nitrogens with zero attached hydrogens (tertiary/aromatic N) is 2. The van der Waals surface area contributed by atoms with Gasteiger partial charge in [-0.15, -0.1) is 17.7 Å². The third-order valence-electron chi connectivity index (χ3n) is 3.39. The van der Waals surface area contributed by atoms with Crippen LogP contribution < -0.4 is 4.57 Å². The maximum absolute atomic E-state index is 4.04. The van der Waals surface area contributed by atoms with Gasteiger partial charge in [0.15, 0.2) is 11.9 Å². The Morgan fingerprint density at radius 2 is 1.95 bits per heavy atom. The normalized spacial score (nSPS) is 10.0. The van der Waals surface area contributed by atoms with Crippen molar-refractivity contribution in [3.63, 3.8) is 0 Å². The van der Waals surface area contributed by atoms with E-state index in [1.54, 1.807) is 6.20 Å². The quantitative estimate of drug-likeness (QED) is 0.514. The molecule has 0 saturated heterocycles. The van der Waals surface area contributed by atoms with E-state index in [0.29, 0.717) is 0 Å². The van der Waals surface area contributed by atoms with Crippen molar-refractivity contribution in [1.82, 2.24) is 4.98 Å². The topological polar surface area (TPSA) is 16.8 Å². The second-order valence-corrected chi connectivity index (χ2v) is 4.80. The first-order chi connectivity index (χ1) is 9.75. The zero-order valence-electron chi connectivity index (χ0n) is 12.2. The standard InChI is InChI=1S/C18H15N2.Y/c1-14-12-15(16-6-5-10-19-13-16)8-9-17(14)18-7-3-4-11-20(18)2;/h3-7,9-12H,1-2H3;/q-1;.